The maximum atomic E-state index is 13.4. The number of benzene rings is 2. The molecule has 0 bridgehead atoms. The number of rotatable bonds is 5. The summed E-state index contributed by atoms with van der Waals surface area (Å²) in [7, 11) is 1.77. The van der Waals surface area contributed by atoms with E-state index in [9.17, 15) is 4.39 Å². The number of halogens is 1. The quantitative estimate of drug-likeness (QED) is 0.649. The third kappa shape index (κ3) is 4.02. The van der Waals surface area contributed by atoms with Crippen LogP contribution in [0.1, 0.15) is 17.5 Å². The summed E-state index contributed by atoms with van der Waals surface area (Å²) in [6.45, 7) is 5.88. The van der Waals surface area contributed by atoms with Crippen LogP contribution in [0.5, 0.6) is 0 Å². The van der Waals surface area contributed by atoms with Crippen LogP contribution in [0.15, 0.2) is 48.5 Å². The van der Waals surface area contributed by atoms with Gasteiger partial charge in [-0.2, -0.15) is 0 Å². The van der Waals surface area contributed by atoms with Gasteiger partial charge in [-0.15, -0.1) is 0 Å². The minimum atomic E-state index is -0.223. The molecular formula is C23H25FN2O. The Bertz CT molecular complexity index is 939. The first-order chi connectivity index (χ1) is 13.1. The van der Waals surface area contributed by atoms with Crippen molar-refractivity contribution in [3.63, 3.8) is 0 Å². The van der Waals surface area contributed by atoms with Crippen molar-refractivity contribution in [2.45, 2.75) is 19.9 Å². The second-order valence-electron chi connectivity index (χ2n) is 7.54. The number of fused-ring (bicyclic) bond motifs is 1. The van der Waals surface area contributed by atoms with E-state index in [1.807, 2.05) is 12.1 Å². The van der Waals surface area contributed by atoms with E-state index in [4.69, 9.17) is 9.72 Å². The Morgan fingerprint density at radius 3 is 2.74 bits per heavy atom. The summed E-state index contributed by atoms with van der Waals surface area (Å²) in [5, 5.41) is 1.16. The topological polar surface area (TPSA) is 25.4 Å². The lowest BCUT2D eigenvalue weighted by molar-refractivity contribution is 0.152. The smallest absolute Gasteiger partial charge is 0.123 e. The Kier molecular flexibility index (Phi) is 5.19. The van der Waals surface area contributed by atoms with Gasteiger partial charge in [-0.25, -0.2) is 9.37 Å². The molecule has 1 fully saturated rings. The van der Waals surface area contributed by atoms with Crippen molar-refractivity contribution in [1.29, 1.82) is 0 Å². The zero-order valence-electron chi connectivity index (χ0n) is 15.9. The summed E-state index contributed by atoms with van der Waals surface area (Å²) < 4.78 is 18.7. The van der Waals surface area contributed by atoms with E-state index in [2.05, 4.69) is 36.1 Å². The summed E-state index contributed by atoms with van der Waals surface area (Å²) in [5.41, 5.74) is 5.30. The van der Waals surface area contributed by atoms with Crippen LogP contribution >= 0.6 is 0 Å². The molecular weight excluding hydrogens is 339 g/mol. The SMILES string of the molecule is COC[C@H]1CCN(Cc2cc3cc(C)ccc3nc2-c2ccc(F)cc2)C1. The highest BCUT2D eigenvalue weighted by molar-refractivity contribution is 5.84. The van der Waals surface area contributed by atoms with Gasteiger partial charge in [0.2, 0.25) is 0 Å². The predicted molar refractivity (Wildman–Crippen MR) is 107 cm³/mol. The largest absolute Gasteiger partial charge is 0.384 e. The summed E-state index contributed by atoms with van der Waals surface area (Å²) in [4.78, 5) is 7.41. The summed E-state index contributed by atoms with van der Waals surface area (Å²) in [6.07, 6.45) is 1.17. The zero-order chi connectivity index (χ0) is 18.8. The minimum Gasteiger partial charge on any atom is -0.384 e. The highest BCUT2D eigenvalue weighted by Crippen LogP contribution is 2.29. The summed E-state index contributed by atoms with van der Waals surface area (Å²) >= 11 is 0. The molecule has 3 aromatic rings. The number of nitrogens with zero attached hydrogens (tertiary/aromatic N) is 2. The highest BCUT2D eigenvalue weighted by Gasteiger charge is 2.23. The summed E-state index contributed by atoms with van der Waals surface area (Å²) in [5.74, 6) is 0.374. The normalized spacial score (nSPS) is 17.7. The van der Waals surface area contributed by atoms with E-state index >= 15 is 0 Å². The van der Waals surface area contributed by atoms with Gasteiger partial charge in [0, 0.05) is 31.1 Å². The molecule has 140 valence electrons. The van der Waals surface area contributed by atoms with Crippen LogP contribution in [0.3, 0.4) is 0 Å². The molecule has 4 heteroatoms. The van der Waals surface area contributed by atoms with Gasteiger partial charge in [0.25, 0.3) is 0 Å². The molecule has 0 amide bonds. The molecule has 1 aliphatic rings. The molecule has 1 atom stereocenters. The minimum absolute atomic E-state index is 0.223. The molecule has 3 nitrogen and oxygen atoms in total. The lowest BCUT2D eigenvalue weighted by Gasteiger charge is -2.19. The molecule has 1 aromatic heterocycles. The Balaban J connectivity index is 1.72. The van der Waals surface area contributed by atoms with E-state index in [1.54, 1.807) is 7.11 Å². The lowest BCUT2D eigenvalue weighted by Crippen LogP contribution is -2.22. The van der Waals surface area contributed by atoms with Crippen molar-refractivity contribution in [3.05, 3.63) is 65.5 Å². The molecule has 2 heterocycles. The van der Waals surface area contributed by atoms with Crippen LogP contribution in [0.4, 0.5) is 4.39 Å². The van der Waals surface area contributed by atoms with Crippen molar-refractivity contribution in [2.75, 3.05) is 26.8 Å². The van der Waals surface area contributed by atoms with E-state index in [-0.39, 0.29) is 5.82 Å². The van der Waals surface area contributed by atoms with Gasteiger partial charge in [-0.3, -0.25) is 4.90 Å². The molecule has 0 spiro atoms. The van der Waals surface area contributed by atoms with Crippen LogP contribution in [-0.4, -0.2) is 36.7 Å². The first-order valence-corrected chi connectivity index (χ1v) is 9.50. The molecule has 27 heavy (non-hydrogen) atoms. The van der Waals surface area contributed by atoms with Crippen LogP contribution in [-0.2, 0) is 11.3 Å². The Hall–Kier alpha value is -2.30. The van der Waals surface area contributed by atoms with Gasteiger partial charge in [0.05, 0.1) is 17.8 Å². The average Bonchev–Trinajstić information content (AvgIpc) is 3.09. The first-order valence-electron chi connectivity index (χ1n) is 9.50. The van der Waals surface area contributed by atoms with Gasteiger partial charge in [0.1, 0.15) is 5.82 Å². The van der Waals surface area contributed by atoms with Gasteiger partial charge >= 0.3 is 0 Å². The maximum absolute atomic E-state index is 13.4. The number of aromatic nitrogens is 1. The number of likely N-dealkylation sites (tertiary alicyclic amines) is 1. The van der Waals surface area contributed by atoms with Crippen LogP contribution in [0, 0.1) is 18.7 Å². The molecule has 0 radical (unpaired) electrons. The average molecular weight is 364 g/mol. The third-order valence-electron chi connectivity index (χ3n) is 5.33. The Morgan fingerprint density at radius 1 is 1.15 bits per heavy atom. The molecule has 0 saturated carbocycles. The Morgan fingerprint density at radius 2 is 1.96 bits per heavy atom. The number of hydrogen-bond donors (Lipinski definition) is 0. The number of ether oxygens (including phenoxy) is 1. The molecule has 2 aromatic carbocycles. The molecule has 0 unspecified atom stereocenters. The standard InChI is InChI=1S/C23H25FN2O/c1-16-3-8-22-19(11-16)12-20(14-26-10-9-17(13-26)15-27-2)23(25-22)18-4-6-21(24)7-5-18/h3-8,11-12,17H,9-10,13-15H2,1-2H3/t17-/m0/s1. The zero-order valence-corrected chi connectivity index (χ0v) is 15.9. The van der Waals surface area contributed by atoms with Gasteiger partial charge < -0.3 is 4.74 Å². The second kappa shape index (κ2) is 7.75. The van der Waals surface area contributed by atoms with Crippen LogP contribution in [0.25, 0.3) is 22.2 Å². The molecule has 1 saturated heterocycles. The van der Waals surface area contributed by atoms with E-state index in [0.29, 0.717) is 5.92 Å². The van der Waals surface area contributed by atoms with E-state index in [1.165, 1.54) is 29.7 Å². The number of pyridine rings is 1. The Labute approximate surface area is 159 Å². The fraction of sp³-hybridized carbons (Fsp3) is 0.348. The molecule has 0 N–H and O–H groups in total. The summed E-state index contributed by atoms with van der Waals surface area (Å²) in [6, 6.07) is 15.2. The van der Waals surface area contributed by atoms with Crippen LogP contribution < -0.4 is 0 Å². The van der Waals surface area contributed by atoms with Crippen molar-refractivity contribution >= 4 is 10.9 Å². The monoisotopic (exact) mass is 364 g/mol. The number of hydrogen-bond acceptors (Lipinski definition) is 3. The molecule has 4 rings (SSSR count). The molecule has 0 aliphatic carbocycles. The predicted octanol–water partition coefficient (Wildman–Crippen LogP) is 4.82. The van der Waals surface area contributed by atoms with Crippen molar-refractivity contribution in [2.24, 2.45) is 5.92 Å². The van der Waals surface area contributed by atoms with Crippen molar-refractivity contribution in [3.8, 4) is 11.3 Å². The third-order valence-corrected chi connectivity index (χ3v) is 5.33. The maximum Gasteiger partial charge on any atom is 0.123 e. The van der Waals surface area contributed by atoms with Gasteiger partial charge in [-0.05, 0) is 73.8 Å². The fourth-order valence-corrected chi connectivity index (χ4v) is 3.99. The highest BCUT2D eigenvalue weighted by atomic mass is 19.1. The van der Waals surface area contributed by atoms with E-state index < -0.39 is 0 Å². The fourth-order valence-electron chi connectivity index (χ4n) is 3.99. The van der Waals surface area contributed by atoms with Crippen molar-refractivity contribution in [1.82, 2.24) is 9.88 Å². The number of aryl methyl sites for hydroxylation is 1. The van der Waals surface area contributed by atoms with E-state index in [0.717, 1.165) is 48.4 Å². The van der Waals surface area contributed by atoms with Gasteiger partial charge in [0.15, 0.2) is 0 Å². The van der Waals surface area contributed by atoms with Gasteiger partial charge in [-0.1, -0.05) is 11.6 Å². The van der Waals surface area contributed by atoms with Crippen molar-refractivity contribution < 1.29 is 9.13 Å². The lowest BCUT2D eigenvalue weighted by atomic mass is 10.0. The second-order valence-corrected chi connectivity index (χ2v) is 7.54. The number of methoxy groups -OCH3 is 1. The molecule has 1 aliphatic heterocycles. The first kappa shape index (κ1) is 18.1. The van der Waals surface area contributed by atoms with Crippen LogP contribution in [0.2, 0.25) is 0 Å².